The zero-order valence-corrected chi connectivity index (χ0v) is 12.2. The SMILES string of the molecule is COc1ccc2c(c1)C(N)(Cc1ccccc1F)CCC2. The molecule has 0 bridgehead atoms. The monoisotopic (exact) mass is 285 g/mol. The van der Waals surface area contributed by atoms with E-state index in [4.69, 9.17) is 10.5 Å². The molecule has 2 N–H and O–H groups in total. The fourth-order valence-electron chi connectivity index (χ4n) is 3.26. The number of methoxy groups -OCH3 is 1. The van der Waals surface area contributed by atoms with Crippen LogP contribution in [0.15, 0.2) is 42.5 Å². The van der Waals surface area contributed by atoms with Crippen LogP contribution < -0.4 is 10.5 Å². The standard InChI is InChI=1S/C18H20FNO/c1-21-15-9-8-13-6-4-10-18(20,16(13)11-15)12-14-5-2-3-7-17(14)19/h2-3,5,7-9,11H,4,6,10,12,20H2,1H3. The van der Waals surface area contributed by atoms with Crippen molar-refractivity contribution in [3.8, 4) is 5.75 Å². The number of halogens is 1. The van der Waals surface area contributed by atoms with E-state index in [2.05, 4.69) is 6.07 Å². The maximum atomic E-state index is 14.0. The number of fused-ring (bicyclic) bond motifs is 1. The molecule has 0 saturated heterocycles. The van der Waals surface area contributed by atoms with Gasteiger partial charge in [-0.1, -0.05) is 24.3 Å². The molecule has 0 fully saturated rings. The van der Waals surface area contributed by atoms with Gasteiger partial charge in [-0.3, -0.25) is 0 Å². The van der Waals surface area contributed by atoms with Gasteiger partial charge < -0.3 is 10.5 Å². The normalized spacial score (nSPS) is 20.9. The Morgan fingerprint density at radius 3 is 2.81 bits per heavy atom. The van der Waals surface area contributed by atoms with Gasteiger partial charge in [-0.25, -0.2) is 4.39 Å². The largest absolute Gasteiger partial charge is 0.497 e. The lowest BCUT2D eigenvalue weighted by Crippen LogP contribution is -2.42. The van der Waals surface area contributed by atoms with Crippen LogP contribution in [0.1, 0.15) is 29.5 Å². The summed E-state index contributed by atoms with van der Waals surface area (Å²) in [6.45, 7) is 0. The zero-order valence-electron chi connectivity index (χ0n) is 12.2. The quantitative estimate of drug-likeness (QED) is 0.935. The highest BCUT2D eigenvalue weighted by Crippen LogP contribution is 2.38. The van der Waals surface area contributed by atoms with E-state index >= 15 is 0 Å². The van der Waals surface area contributed by atoms with Crippen LogP contribution in [-0.4, -0.2) is 7.11 Å². The number of ether oxygens (including phenoxy) is 1. The maximum absolute atomic E-state index is 14.0. The topological polar surface area (TPSA) is 35.2 Å². The highest BCUT2D eigenvalue weighted by molar-refractivity contribution is 5.43. The fraction of sp³-hybridized carbons (Fsp3) is 0.333. The van der Waals surface area contributed by atoms with Gasteiger partial charge >= 0.3 is 0 Å². The molecule has 0 aromatic heterocycles. The molecule has 0 spiro atoms. The smallest absolute Gasteiger partial charge is 0.126 e. The van der Waals surface area contributed by atoms with E-state index in [-0.39, 0.29) is 5.82 Å². The highest BCUT2D eigenvalue weighted by Gasteiger charge is 2.33. The second-order valence-corrected chi connectivity index (χ2v) is 5.80. The molecule has 2 nitrogen and oxygen atoms in total. The van der Waals surface area contributed by atoms with E-state index in [1.165, 1.54) is 11.6 Å². The molecule has 2 aromatic rings. The molecule has 2 aromatic carbocycles. The molecule has 1 aliphatic carbocycles. The third-order valence-corrected chi connectivity index (χ3v) is 4.39. The summed E-state index contributed by atoms with van der Waals surface area (Å²) in [5.41, 5.74) is 9.17. The first-order valence-electron chi connectivity index (χ1n) is 7.32. The van der Waals surface area contributed by atoms with Crippen molar-refractivity contribution in [2.24, 2.45) is 5.73 Å². The van der Waals surface area contributed by atoms with Gasteiger partial charge in [-0.15, -0.1) is 0 Å². The summed E-state index contributed by atoms with van der Waals surface area (Å²) in [6.07, 6.45) is 3.43. The summed E-state index contributed by atoms with van der Waals surface area (Å²) < 4.78 is 19.3. The van der Waals surface area contributed by atoms with Crippen LogP contribution in [0.5, 0.6) is 5.75 Å². The lowest BCUT2D eigenvalue weighted by Gasteiger charge is -2.36. The molecule has 21 heavy (non-hydrogen) atoms. The Labute approximate surface area is 124 Å². The lowest BCUT2D eigenvalue weighted by molar-refractivity contribution is 0.358. The maximum Gasteiger partial charge on any atom is 0.126 e. The number of rotatable bonds is 3. The van der Waals surface area contributed by atoms with Crippen molar-refractivity contribution in [1.82, 2.24) is 0 Å². The average Bonchev–Trinajstić information content (AvgIpc) is 2.50. The lowest BCUT2D eigenvalue weighted by atomic mass is 9.74. The molecule has 0 amide bonds. The van der Waals surface area contributed by atoms with Crippen molar-refractivity contribution in [1.29, 1.82) is 0 Å². The van der Waals surface area contributed by atoms with Crippen LogP contribution >= 0.6 is 0 Å². The summed E-state index contributed by atoms with van der Waals surface area (Å²) in [4.78, 5) is 0. The van der Waals surface area contributed by atoms with Crippen molar-refractivity contribution in [2.75, 3.05) is 7.11 Å². The van der Waals surface area contributed by atoms with Crippen LogP contribution in [0.25, 0.3) is 0 Å². The molecular formula is C18H20FNO. The minimum atomic E-state index is -0.523. The van der Waals surface area contributed by atoms with Gasteiger partial charge in [0.25, 0.3) is 0 Å². The molecular weight excluding hydrogens is 265 g/mol. The Balaban J connectivity index is 2.01. The summed E-state index contributed by atoms with van der Waals surface area (Å²) in [6, 6.07) is 12.9. The van der Waals surface area contributed by atoms with Crippen LogP contribution in [0.4, 0.5) is 4.39 Å². The number of aryl methyl sites for hydroxylation is 1. The summed E-state index contributed by atoms with van der Waals surface area (Å²) in [5, 5.41) is 0. The Morgan fingerprint density at radius 2 is 2.05 bits per heavy atom. The summed E-state index contributed by atoms with van der Waals surface area (Å²) >= 11 is 0. The second kappa shape index (κ2) is 5.49. The van der Waals surface area contributed by atoms with E-state index in [0.717, 1.165) is 30.6 Å². The third kappa shape index (κ3) is 2.66. The molecule has 110 valence electrons. The number of benzene rings is 2. The van der Waals surface area contributed by atoms with E-state index in [9.17, 15) is 4.39 Å². The van der Waals surface area contributed by atoms with Crippen molar-refractivity contribution in [2.45, 2.75) is 31.2 Å². The Kier molecular flexibility index (Phi) is 3.68. The highest BCUT2D eigenvalue weighted by atomic mass is 19.1. The number of hydrogen-bond acceptors (Lipinski definition) is 2. The minimum absolute atomic E-state index is 0.183. The van der Waals surface area contributed by atoms with Gasteiger partial charge in [-0.05, 0) is 60.6 Å². The van der Waals surface area contributed by atoms with Gasteiger partial charge in [0.05, 0.1) is 7.11 Å². The fourth-order valence-corrected chi connectivity index (χ4v) is 3.26. The molecule has 1 aliphatic rings. The molecule has 3 heteroatoms. The molecule has 3 rings (SSSR count). The van der Waals surface area contributed by atoms with E-state index < -0.39 is 5.54 Å². The predicted octanol–water partition coefficient (Wildman–Crippen LogP) is 3.57. The zero-order chi connectivity index (χ0) is 14.9. The molecule has 1 atom stereocenters. The van der Waals surface area contributed by atoms with E-state index in [1.54, 1.807) is 13.2 Å². The predicted molar refractivity (Wildman–Crippen MR) is 81.9 cm³/mol. The third-order valence-electron chi connectivity index (χ3n) is 4.39. The van der Waals surface area contributed by atoms with E-state index in [0.29, 0.717) is 12.0 Å². The molecule has 0 radical (unpaired) electrons. The van der Waals surface area contributed by atoms with Gasteiger partial charge in [0.2, 0.25) is 0 Å². The Hall–Kier alpha value is -1.87. The van der Waals surface area contributed by atoms with Crippen LogP contribution in [0, 0.1) is 5.82 Å². The minimum Gasteiger partial charge on any atom is -0.497 e. The van der Waals surface area contributed by atoms with Crippen LogP contribution in [0.3, 0.4) is 0 Å². The van der Waals surface area contributed by atoms with Crippen molar-refractivity contribution < 1.29 is 9.13 Å². The van der Waals surface area contributed by atoms with Gasteiger partial charge in [0, 0.05) is 5.54 Å². The molecule has 0 heterocycles. The Bertz CT molecular complexity index is 655. The summed E-state index contributed by atoms with van der Waals surface area (Å²) in [7, 11) is 1.65. The van der Waals surface area contributed by atoms with Crippen molar-refractivity contribution >= 4 is 0 Å². The Morgan fingerprint density at radius 1 is 1.24 bits per heavy atom. The second-order valence-electron chi connectivity index (χ2n) is 5.80. The molecule has 0 aliphatic heterocycles. The first-order valence-corrected chi connectivity index (χ1v) is 7.32. The summed E-state index contributed by atoms with van der Waals surface area (Å²) in [5.74, 6) is 0.622. The number of nitrogens with two attached hydrogens (primary N) is 1. The van der Waals surface area contributed by atoms with E-state index in [1.807, 2.05) is 24.3 Å². The first-order chi connectivity index (χ1) is 10.1. The van der Waals surface area contributed by atoms with Gasteiger partial charge in [0.1, 0.15) is 11.6 Å². The average molecular weight is 285 g/mol. The van der Waals surface area contributed by atoms with Gasteiger partial charge in [0.15, 0.2) is 0 Å². The molecule has 1 unspecified atom stereocenters. The van der Waals surface area contributed by atoms with Crippen molar-refractivity contribution in [3.05, 3.63) is 65.0 Å². The van der Waals surface area contributed by atoms with Crippen LogP contribution in [-0.2, 0) is 18.4 Å². The van der Waals surface area contributed by atoms with Crippen molar-refractivity contribution in [3.63, 3.8) is 0 Å². The number of hydrogen-bond donors (Lipinski definition) is 1. The van der Waals surface area contributed by atoms with Crippen LogP contribution in [0.2, 0.25) is 0 Å². The first kappa shape index (κ1) is 14.1. The molecule has 0 saturated carbocycles. The van der Waals surface area contributed by atoms with Gasteiger partial charge in [-0.2, -0.15) is 0 Å².